The van der Waals surface area contributed by atoms with Crippen molar-refractivity contribution in [3.63, 3.8) is 0 Å². The molecule has 5 nitrogen and oxygen atoms in total. The molecule has 1 aliphatic heterocycles. The summed E-state index contributed by atoms with van der Waals surface area (Å²) in [5.74, 6) is 0. The summed E-state index contributed by atoms with van der Waals surface area (Å²) >= 11 is 0. The normalized spacial score (nSPS) is 25.6. The molecule has 0 saturated carbocycles. The summed E-state index contributed by atoms with van der Waals surface area (Å²) in [6.45, 7) is 3.03. The summed E-state index contributed by atoms with van der Waals surface area (Å²) in [6.07, 6.45) is 11.8. The van der Waals surface area contributed by atoms with E-state index >= 15 is 0 Å². The lowest BCUT2D eigenvalue weighted by atomic mass is 10.1. The second kappa shape index (κ2) is 13.8. The van der Waals surface area contributed by atoms with Crippen LogP contribution in [-0.4, -0.2) is 59.6 Å². The van der Waals surface area contributed by atoms with Crippen molar-refractivity contribution in [3.05, 3.63) is 12.2 Å². The molecule has 0 amide bonds. The van der Waals surface area contributed by atoms with Crippen molar-refractivity contribution >= 4 is 0 Å². The quantitative estimate of drug-likeness (QED) is 0.333. The first kappa shape index (κ1) is 21.6. The zero-order valence-electron chi connectivity index (χ0n) is 15.1. The Kier molecular flexibility index (Phi) is 12.4. The lowest BCUT2D eigenvalue weighted by Gasteiger charge is -2.20. The van der Waals surface area contributed by atoms with Gasteiger partial charge in [-0.05, 0) is 32.1 Å². The highest BCUT2D eigenvalue weighted by molar-refractivity contribution is 4.87. The van der Waals surface area contributed by atoms with Crippen molar-refractivity contribution in [2.75, 3.05) is 19.8 Å². The standard InChI is InChI=1S/C19H36O5/c1-2-3-4-5-6-7-8-9-10-11-12-13-23-14-17(21)19-18(22)16(20)15-24-19/h6-7,16-22H,2-5,8-15H2,1H3/b7-6+/t16-,17+,18+,19+/m0/s1. The minimum absolute atomic E-state index is 0.0654. The van der Waals surface area contributed by atoms with E-state index in [4.69, 9.17) is 9.47 Å². The third-order valence-corrected chi connectivity index (χ3v) is 4.41. The SMILES string of the molecule is CCCCC/C=C/CCCCCCOC[C@@H](O)[C@H]1OC[C@H](O)[C@H]1O. The van der Waals surface area contributed by atoms with Crippen molar-refractivity contribution in [1.82, 2.24) is 0 Å². The number of allylic oxidation sites excluding steroid dienone is 2. The van der Waals surface area contributed by atoms with Crippen LogP contribution in [0.4, 0.5) is 0 Å². The molecule has 4 atom stereocenters. The van der Waals surface area contributed by atoms with Gasteiger partial charge in [0.05, 0.1) is 13.2 Å². The highest BCUT2D eigenvalue weighted by atomic mass is 16.5. The molecule has 24 heavy (non-hydrogen) atoms. The van der Waals surface area contributed by atoms with Crippen molar-refractivity contribution in [3.8, 4) is 0 Å². The maximum absolute atomic E-state index is 9.89. The van der Waals surface area contributed by atoms with Crippen LogP contribution in [0.2, 0.25) is 0 Å². The van der Waals surface area contributed by atoms with Gasteiger partial charge in [-0.2, -0.15) is 0 Å². The van der Waals surface area contributed by atoms with E-state index in [1.807, 2.05) is 0 Å². The highest BCUT2D eigenvalue weighted by Gasteiger charge is 2.39. The van der Waals surface area contributed by atoms with Gasteiger partial charge in [0.1, 0.15) is 24.4 Å². The molecule has 3 N–H and O–H groups in total. The van der Waals surface area contributed by atoms with Crippen LogP contribution in [0.5, 0.6) is 0 Å². The molecular weight excluding hydrogens is 308 g/mol. The van der Waals surface area contributed by atoms with Gasteiger partial charge >= 0.3 is 0 Å². The average Bonchev–Trinajstić information content (AvgIpc) is 2.91. The number of hydrogen-bond donors (Lipinski definition) is 3. The summed E-state index contributed by atoms with van der Waals surface area (Å²) in [6, 6.07) is 0. The Bertz CT molecular complexity index is 321. The van der Waals surface area contributed by atoms with E-state index in [-0.39, 0.29) is 13.2 Å². The molecule has 0 bridgehead atoms. The number of unbranched alkanes of at least 4 members (excludes halogenated alkanes) is 7. The Morgan fingerprint density at radius 2 is 1.71 bits per heavy atom. The van der Waals surface area contributed by atoms with Crippen molar-refractivity contribution in [1.29, 1.82) is 0 Å². The molecule has 0 unspecified atom stereocenters. The van der Waals surface area contributed by atoms with Gasteiger partial charge in [-0.15, -0.1) is 0 Å². The third-order valence-electron chi connectivity index (χ3n) is 4.41. The minimum Gasteiger partial charge on any atom is -0.388 e. The molecule has 0 aromatic carbocycles. The second-order valence-electron chi connectivity index (χ2n) is 6.67. The molecule has 0 aliphatic carbocycles. The third kappa shape index (κ3) is 9.14. The van der Waals surface area contributed by atoms with E-state index in [2.05, 4.69) is 19.1 Å². The lowest BCUT2D eigenvalue weighted by Crippen LogP contribution is -2.40. The zero-order valence-corrected chi connectivity index (χ0v) is 15.1. The van der Waals surface area contributed by atoms with E-state index in [0.717, 1.165) is 19.3 Å². The van der Waals surface area contributed by atoms with Gasteiger partial charge in [-0.1, -0.05) is 44.8 Å². The Balaban J connectivity index is 1.87. The molecule has 1 rings (SSSR count). The van der Waals surface area contributed by atoms with Gasteiger partial charge < -0.3 is 24.8 Å². The Hall–Kier alpha value is -0.460. The number of aliphatic hydroxyl groups excluding tert-OH is 3. The summed E-state index contributed by atoms with van der Waals surface area (Å²) in [7, 11) is 0. The fourth-order valence-corrected chi connectivity index (χ4v) is 2.83. The fraction of sp³-hybridized carbons (Fsp3) is 0.895. The zero-order chi connectivity index (χ0) is 17.6. The average molecular weight is 344 g/mol. The summed E-state index contributed by atoms with van der Waals surface area (Å²) in [5.41, 5.74) is 0. The molecule has 0 aromatic heterocycles. The van der Waals surface area contributed by atoms with Crippen LogP contribution in [0.15, 0.2) is 12.2 Å². The highest BCUT2D eigenvalue weighted by Crippen LogP contribution is 2.17. The molecule has 142 valence electrons. The Morgan fingerprint density at radius 1 is 1.04 bits per heavy atom. The number of aliphatic hydroxyl groups is 3. The first-order chi connectivity index (χ1) is 11.7. The van der Waals surface area contributed by atoms with E-state index in [9.17, 15) is 15.3 Å². The lowest BCUT2D eigenvalue weighted by molar-refractivity contribution is -0.0813. The smallest absolute Gasteiger partial charge is 0.114 e. The van der Waals surface area contributed by atoms with Crippen molar-refractivity contribution in [2.24, 2.45) is 0 Å². The van der Waals surface area contributed by atoms with Gasteiger partial charge in [0.25, 0.3) is 0 Å². The molecule has 0 aromatic rings. The monoisotopic (exact) mass is 344 g/mol. The number of hydrogen-bond acceptors (Lipinski definition) is 5. The van der Waals surface area contributed by atoms with Gasteiger partial charge in [-0.3, -0.25) is 0 Å². The molecule has 1 heterocycles. The van der Waals surface area contributed by atoms with Crippen LogP contribution in [-0.2, 0) is 9.47 Å². The number of rotatable bonds is 14. The van der Waals surface area contributed by atoms with E-state index in [1.54, 1.807) is 0 Å². The topological polar surface area (TPSA) is 79.2 Å². The van der Waals surface area contributed by atoms with E-state index in [1.165, 1.54) is 38.5 Å². The maximum atomic E-state index is 9.89. The summed E-state index contributed by atoms with van der Waals surface area (Å²) in [5, 5.41) is 28.9. The van der Waals surface area contributed by atoms with Gasteiger partial charge in [0.2, 0.25) is 0 Å². The second-order valence-corrected chi connectivity index (χ2v) is 6.67. The maximum Gasteiger partial charge on any atom is 0.114 e. The molecule has 1 fully saturated rings. The van der Waals surface area contributed by atoms with Crippen LogP contribution in [0.3, 0.4) is 0 Å². The Labute approximate surface area is 146 Å². The first-order valence-electron chi connectivity index (χ1n) is 9.55. The van der Waals surface area contributed by atoms with Crippen molar-refractivity contribution in [2.45, 2.75) is 89.1 Å². The van der Waals surface area contributed by atoms with E-state index < -0.39 is 24.4 Å². The molecule has 1 aliphatic rings. The Morgan fingerprint density at radius 3 is 2.33 bits per heavy atom. The predicted molar refractivity (Wildman–Crippen MR) is 94.9 cm³/mol. The minimum atomic E-state index is -1.03. The van der Waals surface area contributed by atoms with Crippen LogP contribution in [0, 0.1) is 0 Å². The largest absolute Gasteiger partial charge is 0.388 e. The predicted octanol–water partition coefficient (Wildman–Crippen LogP) is 2.57. The van der Waals surface area contributed by atoms with E-state index in [0.29, 0.717) is 6.61 Å². The molecule has 0 spiro atoms. The fourth-order valence-electron chi connectivity index (χ4n) is 2.83. The first-order valence-corrected chi connectivity index (χ1v) is 9.55. The van der Waals surface area contributed by atoms with Crippen LogP contribution >= 0.6 is 0 Å². The van der Waals surface area contributed by atoms with Crippen LogP contribution < -0.4 is 0 Å². The molecule has 5 heteroatoms. The number of ether oxygens (including phenoxy) is 2. The van der Waals surface area contributed by atoms with Crippen LogP contribution in [0.1, 0.15) is 64.7 Å². The molecule has 0 radical (unpaired) electrons. The summed E-state index contributed by atoms with van der Waals surface area (Å²) in [4.78, 5) is 0. The van der Waals surface area contributed by atoms with Gasteiger partial charge in [0.15, 0.2) is 0 Å². The van der Waals surface area contributed by atoms with Gasteiger partial charge in [0, 0.05) is 6.61 Å². The summed E-state index contributed by atoms with van der Waals surface area (Å²) < 4.78 is 10.6. The van der Waals surface area contributed by atoms with Gasteiger partial charge in [-0.25, -0.2) is 0 Å². The van der Waals surface area contributed by atoms with Crippen LogP contribution in [0.25, 0.3) is 0 Å². The molecule has 1 saturated heterocycles. The molecular formula is C19H36O5. The van der Waals surface area contributed by atoms with Crippen molar-refractivity contribution < 1.29 is 24.8 Å².